The Morgan fingerprint density at radius 1 is 1.18 bits per heavy atom. The maximum absolute atomic E-state index is 12.5. The Labute approximate surface area is 169 Å². The Morgan fingerprint density at radius 2 is 1.82 bits per heavy atom. The molecule has 0 saturated heterocycles. The Kier molecular flexibility index (Phi) is 5.83. The summed E-state index contributed by atoms with van der Waals surface area (Å²) in [6.07, 6.45) is 5.25. The molecule has 3 rings (SSSR count). The predicted octanol–water partition coefficient (Wildman–Crippen LogP) is 3.94. The number of sulfonamides is 1. The van der Waals surface area contributed by atoms with Gasteiger partial charge in [0.05, 0.1) is 16.3 Å². The second-order valence-corrected chi connectivity index (χ2v) is 9.54. The normalized spacial score (nSPS) is 12.5. The van der Waals surface area contributed by atoms with Crippen LogP contribution in [-0.2, 0) is 10.0 Å². The van der Waals surface area contributed by atoms with Gasteiger partial charge < -0.3 is 0 Å². The lowest BCUT2D eigenvalue weighted by Gasteiger charge is -2.18. The van der Waals surface area contributed by atoms with E-state index in [9.17, 15) is 13.2 Å². The summed E-state index contributed by atoms with van der Waals surface area (Å²) >= 11 is 1.60. The van der Waals surface area contributed by atoms with Crippen LogP contribution in [0.4, 0.5) is 0 Å². The number of carbonyl (C=O) groups excluding carboxylic acids is 1. The lowest BCUT2D eigenvalue weighted by Crippen LogP contribution is -2.30. The molecular formula is C20H23N3O3S2. The first-order chi connectivity index (χ1) is 13.3. The summed E-state index contributed by atoms with van der Waals surface area (Å²) in [5.41, 5.74) is 2.17. The third-order valence-electron chi connectivity index (χ3n) is 4.54. The number of benzene rings is 1. The smallest absolute Gasteiger partial charge is 0.243 e. The molecule has 2 aromatic heterocycles. The number of rotatable bonds is 7. The van der Waals surface area contributed by atoms with Crippen LogP contribution in [0.3, 0.4) is 0 Å². The number of allylic oxidation sites excluding steroid dienone is 1. The standard InChI is InChI=1S/C20H23N3O3S2/c1-5-22(6-2)28(25,26)17-9-7-16(8-10-17)19(24)12-11-18-15(4)21-20-23(18)13-14(3)27-20/h7-13H,5-6H2,1-4H3/b12-11+. The van der Waals surface area contributed by atoms with Crippen LogP contribution in [0.2, 0.25) is 0 Å². The number of ketones is 1. The third kappa shape index (κ3) is 3.80. The molecule has 0 aliphatic rings. The van der Waals surface area contributed by atoms with E-state index in [0.29, 0.717) is 18.7 Å². The predicted molar refractivity (Wildman–Crippen MR) is 112 cm³/mol. The highest BCUT2D eigenvalue weighted by atomic mass is 32.2. The summed E-state index contributed by atoms with van der Waals surface area (Å²) in [5.74, 6) is -0.187. The summed E-state index contributed by atoms with van der Waals surface area (Å²) in [7, 11) is -3.53. The fourth-order valence-electron chi connectivity index (χ4n) is 3.04. The summed E-state index contributed by atoms with van der Waals surface area (Å²) in [6, 6.07) is 6.08. The second kappa shape index (κ2) is 7.98. The second-order valence-electron chi connectivity index (χ2n) is 6.39. The van der Waals surface area contributed by atoms with Crippen molar-refractivity contribution in [2.75, 3.05) is 13.1 Å². The molecule has 3 aromatic rings. The summed E-state index contributed by atoms with van der Waals surface area (Å²) < 4.78 is 28.4. The Morgan fingerprint density at radius 3 is 2.43 bits per heavy atom. The van der Waals surface area contributed by atoms with E-state index in [1.165, 1.54) is 22.5 Å². The van der Waals surface area contributed by atoms with E-state index in [4.69, 9.17) is 0 Å². The molecule has 0 radical (unpaired) electrons. The van der Waals surface area contributed by atoms with Crippen molar-refractivity contribution in [2.24, 2.45) is 0 Å². The molecule has 2 heterocycles. The number of fused-ring (bicyclic) bond motifs is 1. The highest BCUT2D eigenvalue weighted by Gasteiger charge is 2.21. The monoisotopic (exact) mass is 417 g/mol. The van der Waals surface area contributed by atoms with Crippen LogP contribution in [0.15, 0.2) is 41.4 Å². The first-order valence-corrected chi connectivity index (χ1v) is 11.3. The van der Waals surface area contributed by atoms with Crippen LogP contribution >= 0.6 is 11.3 Å². The van der Waals surface area contributed by atoms with E-state index < -0.39 is 10.0 Å². The third-order valence-corrected chi connectivity index (χ3v) is 7.50. The number of hydrogen-bond donors (Lipinski definition) is 0. The maximum atomic E-state index is 12.5. The molecule has 0 saturated carbocycles. The lowest BCUT2D eigenvalue weighted by molar-refractivity contribution is 0.104. The molecule has 148 valence electrons. The fourth-order valence-corrected chi connectivity index (χ4v) is 5.37. The zero-order valence-electron chi connectivity index (χ0n) is 16.3. The number of nitrogens with zero attached hydrogens (tertiary/aromatic N) is 3. The number of carbonyl (C=O) groups is 1. The van der Waals surface area contributed by atoms with Crippen molar-refractivity contribution >= 4 is 38.2 Å². The van der Waals surface area contributed by atoms with Gasteiger partial charge in [0.2, 0.25) is 10.0 Å². The van der Waals surface area contributed by atoms with Crippen molar-refractivity contribution in [3.05, 3.63) is 58.4 Å². The molecule has 8 heteroatoms. The molecule has 0 unspecified atom stereocenters. The molecule has 0 N–H and O–H groups in total. The average molecular weight is 418 g/mol. The number of hydrogen-bond acceptors (Lipinski definition) is 5. The number of aromatic nitrogens is 2. The highest BCUT2D eigenvalue weighted by Crippen LogP contribution is 2.22. The topological polar surface area (TPSA) is 71.8 Å². The number of aryl methyl sites for hydroxylation is 2. The van der Waals surface area contributed by atoms with E-state index in [1.54, 1.807) is 43.4 Å². The van der Waals surface area contributed by atoms with E-state index in [-0.39, 0.29) is 10.7 Å². The van der Waals surface area contributed by atoms with E-state index >= 15 is 0 Å². The molecule has 0 aliphatic carbocycles. The summed E-state index contributed by atoms with van der Waals surface area (Å²) in [6.45, 7) is 8.34. The Hall–Kier alpha value is -2.29. The van der Waals surface area contributed by atoms with Crippen LogP contribution in [0, 0.1) is 13.8 Å². The zero-order chi connectivity index (χ0) is 20.5. The molecule has 0 fully saturated rings. The van der Waals surface area contributed by atoms with Crippen molar-refractivity contribution in [1.82, 2.24) is 13.7 Å². The van der Waals surface area contributed by atoms with Gasteiger partial charge >= 0.3 is 0 Å². The van der Waals surface area contributed by atoms with Gasteiger partial charge in [0.25, 0.3) is 0 Å². The first-order valence-electron chi connectivity index (χ1n) is 9.05. The maximum Gasteiger partial charge on any atom is 0.243 e. The highest BCUT2D eigenvalue weighted by molar-refractivity contribution is 7.89. The van der Waals surface area contributed by atoms with E-state index in [0.717, 1.165) is 21.2 Å². The quantitative estimate of drug-likeness (QED) is 0.431. The van der Waals surface area contributed by atoms with Gasteiger partial charge in [-0.25, -0.2) is 13.4 Å². The summed E-state index contributed by atoms with van der Waals surface area (Å²) in [4.78, 5) is 19.3. The molecule has 1 aromatic carbocycles. The molecule has 0 spiro atoms. The van der Waals surface area contributed by atoms with Crippen LogP contribution in [0.5, 0.6) is 0 Å². The first kappa shape index (κ1) is 20.4. The van der Waals surface area contributed by atoms with Gasteiger partial charge in [0, 0.05) is 29.7 Å². The van der Waals surface area contributed by atoms with Gasteiger partial charge in [-0.1, -0.05) is 13.8 Å². The molecule has 6 nitrogen and oxygen atoms in total. The van der Waals surface area contributed by atoms with Crippen LogP contribution < -0.4 is 0 Å². The van der Waals surface area contributed by atoms with Crippen molar-refractivity contribution in [2.45, 2.75) is 32.6 Å². The van der Waals surface area contributed by atoms with Crippen molar-refractivity contribution < 1.29 is 13.2 Å². The van der Waals surface area contributed by atoms with Gasteiger partial charge in [-0.15, -0.1) is 11.3 Å². The zero-order valence-corrected chi connectivity index (χ0v) is 18.0. The molecule has 28 heavy (non-hydrogen) atoms. The molecule has 0 amide bonds. The van der Waals surface area contributed by atoms with Gasteiger partial charge in [-0.3, -0.25) is 9.20 Å². The van der Waals surface area contributed by atoms with Crippen molar-refractivity contribution in [1.29, 1.82) is 0 Å². The van der Waals surface area contributed by atoms with E-state index in [2.05, 4.69) is 4.98 Å². The minimum absolute atomic E-state index is 0.187. The van der Waals surface area contributed by atoms with Gasteiger partial charge in [0.15, 0.2) is 10.7 Å². The van der Waals surface area contributed by atoms with Crippen LogP contribution in [0.1, 0.15) is 40.5 Å². The van der Waals surface area contributed by atoms with Gasteiger partial charge in [-0.2, -0.15) is 4.31 Å². The van der Waals surface area contributed by atoms with Gasteiger partial charge in [0.1, 0.15) is 0 Å². The molecule has 0 aliphatic heterocycles. The fraction of sp³-hybridized carbons (Fsp3) is 0.300. The van der Waals surface area contributed by atoms with Crippen LogP contribution in [0.25, 0.3) is 11.0 Å². The van der Waals surface area contributed by atoms with Crippen molar-refractivity contribution in [3.8, 4) is 0 Å². The molecule has 0 atom stereocenters. The SMILES string of the molecule is CCN(CC)S(=O)(=O)c1ccc(C(=O)/C=C/c2c(C)nc3sc(C)cn23)cc1. The average Bonchev–Trinajstić information content (AvgIpc) is 3.15. The number of imidazole rings is 1. The largest absolute Gasteiger partial charge is 0.290 e. The molecule has 0 bridgehead atoms. The van der Waals surface area contributed by atoms with E-state index in [1.807, 2.05) is 24.4 Å². The van der Waals surface area contributed by atoms with Crippen LogP contribution in [-0.4, -0.2) is 41.0 Å². The number of thiazole rings is 1. The minimum atomic E-state index is -3.53. The molecular weight excluding hydrogens is 394 g/mol. The Balaban J connectivity index is 1.83. The van der Waals surface area contributed by atoms with Crippen molar-refractivity contribution in [3.63, 3.8) is 0 Å². The van der Waals surface area contributed by atoms with Gasteiger partial charge in [-0.05, 0) is 50.3 Å². The lowest BCUT2D eigenvalue weighted by atomic mass is 10.1. The Bertz CT molecular complexity index is 1140. The minimum Gasteiger partial charge on any atom is -0.290 e. The summed E-state index contributed by atoms with van der Waals surface area (Å²) in [5, 5.41) is 0.